The van der Waals surface area contributed by atoms with Gasteiger partial charge in [0, 0.05) is 4.70 Å². The van der Waals surface area contributed by atoms with Crippen molar-refractivity contribution in [1.82, 2.24) is 0 Å². The lowest BCUT2D eigenvalue weighted by Gasteiger charge is -2.04. The molecule has 0 aliphatic rings. The van der Waals surface area contributed by atoms with Crippen LogP contribution in [-0.4, -0.2) is 0 Å². The van der Waals surface area contributed by atoms with Gasteiger partial charge in [0.2, 0.25) is 0 Å². The molecule has 0 bridgehead atoms. The summed E-state index contributed by atoms with van der Waals surface area (Å²) in [6, 6.07) is 8.97. The van der Waals surface area contributed by atoms with Crippen molar-refractivity contribution in [3.05, 3.63) is 35.2 Å². The minimum atomic E-state index is 0.748. The molecule has 0 nitrogen and oxygen atoms in total. The number of rotatable bonds is 2. The maximum Gasteiger partial charge on any atom is 0.0345 e. The Bertz CT molecular complexity index is 398. The third-order valence-electron chi connectivity index (χ3n) is 2.16. The van der Waals surface area contributed by atoms with Gasteiger partial charge in [0.05, 0.1) is 0 Å². The Hall–Kier alpha value is -0.820. The molecular weight excluding hydrogens is 200 g/mol. The molecule has 0 saturated carbocycles. The molecule has 0 unspecified atom stereocenters. The Balaban J connectivity index is 0.000000531. The summed E-state index contributed by atoms with van der Waals surface area (Å²) in [6.07, 6.45) is 1.19. The molecule has 0 fully saturated rings. The molecule has 1 aromatic heterocycles. The average molecular weight is 220 g/mol. The van der Waals surface area contributed by atoms with Crippen molar-refractivity contribution in [2.24, 2.45) is 5.92 Å². The standard InChI is InChI=1S/C12H14S.C2H6/c1-9(2)7-10-3-4-11-5-6-13-12(11)8-10;1-2/h3-6,8-9H,7H2,1-2H3;1-2H3. The van der Waals surface area contributed by atoms with Gasteiger partial charge >= 0.3 is 0 Å². The van der Waals surface area contributed by atoms with Gasteiger partial charge in [0.25, 0.3) is 0 Å². The van der Waals surface area contributed by atoms with E-state index in [1.165, 1.54) is 22.1 Å². The van der Waals surface area contributed by atoms with E-state index in [0.29, 0.717) is 0 Å². The summed E-state index contributed by atoms with van der Waals surface area (Å²) in [7, 11) is 0. The van der Waals surface area contributed by atoms with Gasteiger partial charge in [0.1, 0.15) is 0 Å². The highest BCUT2D eigenvalue weighted by atomic mass is 32.1. The molecule has 1 aromatic carbocycles. The molecule has 0 radical (unpaired) electrons. The summed E-state index contributed by atoms with van der Waals surface area (Å²) < 4.78 is 1.41. The van der Waals surface area contributed by atoms with Crippen LogP contribution in [0.25, 0.3) is 10.1 Å². The number of fused-ring (bicyclic) bond motifs is 1. The zero-order chi connectivity index (χ0) is 11.3. The normalized spacial score (nSPS) is 10.2. The van der Waals surface area contributed by atoms with Crippen LogP contribution >= 0.6 is 11.3 Å². The highest BCUT2D eigenvalue weighted by Crippen LogP contribution is 2.22. The van der Waals surface area contributed by atoms with Gasteiger partial charge < -0.3 is 0 Å². The SMILES string of the molecule is CC.CC(C)Cc1ccc2ccsc2c1. The Morgan fingerprint density at radius 1 is 1.13 bits per heavy atom. The van der Waals surface area contributed by atoms with Crippen LogP contribution in [0.5, 0.6) is 0 Å². The third-order valence-corrected chi connectivity index (χ3v) is 3.04. The molecule has 0 aliphatic carbocycles. The largest absolute Gasteiger partial charge is 0.144 e. The fourth-order valence-electron chi connectivity index (χ4n) is 1.60. The van der Waals surface area contributed by atoms with Gasteiger partial charge in [-0.15, -0.1) is 11.3 Å². The number of hydrogen-bond donors (Lipinski definition) is 0. The van der Waals surface area contributed by atoms with Gasteiger partial charge in [0.15, 0.2) is 0 Å². The fraction of sp³-hybridized carbons (Fsp3) is 0.429. The van der Waals surface area contributed by atoms with Crippen LogP contribution in [0, 0.1) is 5.92 Å². The van der Waals surface area contributed by atoms with Gasteiger partial charge in [-0.25, -0.2) is 0 Å². The lowest BCUT2D eigenvalue weighted by molar-refractivity contribution is 0.648. The summed E-state index contributed by atoms with van der Waals surface area (Å²) in [5.41, 5.74) is 1.46. The van der Waals surface area contributed by atoms with Crippen LogP contribution < -0.4 is 0 Å². The molecule has 15 heavy (non-hydrogen) atoms. The predicted octanol–water partition coefficient (Wildman–Crippen LogP) is 5.13. The van der Waals surface area contributed by atoms with E-state index < -0.39 is 0 Å². The van der Waals surface area contributed by atoms with Crippen LogP contribution in [0.1, 0.15) is 33.3 Å². The van der Waals surface area contributed by atoms with E-state index in [-0.39, 0.29) is 0 Å². The van der Waals surface area contributed by atoms with E-state index in [2.05, 4.69) is 43.5 Å². The monoisotopic (exact) mass is 220 g/mol. The molecule has 0 spiro atoms. The first-order chi connectivity index (χ1) is 7.25. The van der Waals surface area contributed by atoms with Gasteiger partial charge in [-0.05, 0) is 40.8 Å². The molecule has 0 atom stereocenters. The first-order valence-corrected chi connectivity index (χ1v) is 6.60. The molecule has 0 saturated heterocycles. The number of benzene rings is 1. The molecule has 0 amide bonds. The summed E-state index contributed by atoms with van der Waals surface area (Å²) >= 11 is 1.83. The first kappa shape index (κ1) is 12.3. The lowest BCUT2D eigenvalue weighted by Crippen LogP contribution is -1.92. The fourth-order valence-corrected chi connectivity index (χ4v) is 2.45. The van der Waals surface area contributed by atoms with Crippen LogP contribution in [0.3, 0.4) is 0 Å². The van der Waals surface area contributed by atoms with Crippen LogP contribution in [0.2, 0.25) is 0 Å². The van der Waals surface area contributed by atoms with Crippen molar-refractivity contribution >= 4 is 21.4 Å². The number of thiophene rings is 1. The van der Waals surface area contributed by atoms with E-state index in [9.17, 15) is 0 Å². The van der Waals surface area contributed by atoms with E-state index >= 15 is 0 Å². The Labute approximate surface area is 96.9 Å². The second-order valence-electron chi connectivity index (χ2n) is 3.89. The van der Waals surface area contributed by atoms with Gasteiger partial charge in [-0.1, -0.05) is 39.8 Å². The molecule has 2 rings (SSSR count). The van der Waals surface area contributed by atoms with E-state index in [1.54, 1.807) is 0 Å². The molecular formula is C14H20S. The predicted molar refractivity (Wildman–Crippen MR) is 71.7 cm³/mol. The van der Waals surface area contributed by atoms with Crippen molar-refractivity contribution in [2.45, 2.75) is 34.1 Å². The maximum absolute atomic E-state index is 2.32. The molecule has 1 heterocycles. The second kappa shape index (κ2) is 5.92. The molecule has 2 aromatic rings. The topological polar surface area (TPSA) is 0 Å². The Kier molecular flexibility index (Phi) is 4.83. The first-order valence-electron chi connectivity index (χ1n) is 5.72. The highest BCUT2D eigenvalue weighted by molar-refractivity contribution is 7.17. The second-order valence-corrected chi connectivity index (χ2v) is 4.84. The van der Waals surface area contributed by atoms with E-state index in [4.69, 9.17) is 0 Å². The molecule has 0 aliphatic heterocycles. The summed E-state index contributed by atoms with van der Waals surface area (Å²) in [6.45, 7) is 8.53. The Morgan fingerprint density at radius 2 is 1.87 bits per heavy atom. The van der Waals surface area contributed by atoms with Crippen molar-refractivity contribution < 1.29 is 0 Å². The third kappa shape index (κ3) is 3.35. The van der Waals surface area contributed by atoms with Crippen LogP contribution in [0.4, 0.5) is 0 Å². The summed E-state index contributed by atoms with van der Waals surface area (Å²) in [5.74, 6) is 0.748. The van der Waals surface area contributed by atoms with Crippen LogP contribution in [0.15, 0.2) is 29.6 Å². The lowest BCUT2D eigenvalue weighted by atomic mass is 10.0. The quantitative estimate of drug-likeness (QED) is 0.658. The number of hydrogen-bond acceptors (Lipinski definition) is 1. The maximum atomic E-state index is 2.32. The van der Waals surface area contributed by atoms with Crippen molar-refractivity contribution in [3.63, 3.8) is 0 Å². The highest BCUT2D eigenvalue weighted by Gasteiger charge is 1.99. The van der Waals surface area contributed by atoms with E-state index in [1.807, 2.05) is 25.2 Å². The van der Waals surface area contributed by atoms with Crippen molar-refractivity contribution in [1.29, 1.82) is 0 Å². The minimum absolute atomic E-state index is 0.748. The van der Waals surface area contributed by atoms with E-state index in [0.717, 1.165) is 5.92 Å². The summed E-state index contributed by atoms with van der Waals surface area (Å²) in [5, 5.41) is 3.53. The van der Waals surface area contributed by atoms with Crippen molar-refractivity contribution in [3.8, 4) is 0 Å². The zero-order valence-corrected chi connectivity index (χ0v) is 10.9. The zero-order valence-electron chi connectivity index (χ0n) is 10.1. The van der Waals surface area contributed by atoms with Gasteiger partial charge in [-0.3, -0.25) is 0 Å². The molecule has 1 heteroatoms. The molecule has 0 N–H and O–H groups in total. The minimum Gasteiger partial charge on any atom is -0.144 e. The smallest absolute Gasteiger partial charge is 0.0345 e. The Morgan fingerprint density at radius 3 is 2.53 bits per heavy atom. The summed E-state index contributed by atoms with van der Waals surface area (Å²) in [4.78, 5) is 0. The molecule has 82 valence electrons. The van der Waals surface area contributed by atoms with Crippen LogP contribution in [-0.2, 0) is 6.42 Å². The van der Waals surface area contributed by atoms with Gasteiger partial charge in [-0.2, -0.15) is 0 Å². The van der Waals surface area contributed by atoms with Crippen molar-refractivity contribution in [2.75, 3.05) is 0 Å². The average Bonchev–Trinajstić information content (AvgIpc) is 2.67.